The number of methoxy groups -OCH3 is 1. The van der Waals surface area contributed by atoms with Gasteiger partial charge in [-0.3, -0.25) is 14.4 Å². The number of carbonyl (C=O) groups is 3. The zero-order chi connectivity index (χ0) is 30.1. The number of benzene rings is 1. The average molecular weight is 568 g/mol. The first-order valence-electron chi connectivity index (χ1n) is 14.6. The Morgan fingerprint density at radius 2 is 1.83 bits per heavy atom. The maximum absolute atomic E-state index is 14.8. The predicted molar refractivity (Wildman–Crippen MR) is 157 cm³/mol. The van der Waals surface area contributed by atoms with Crippen LogP contribution in [0.4, 0.5) is 5.69 Å². The third-order valence-electron chi connectivity index (χ3n) is 9.21. The molecule has 224 valence electrons. The van der Waals surface area contributed by atoms with Crippen LogP contribution in [0.25, 0.3) is 0 Å². The molecule has 3 aliphatic heterocycles. The van der Waals surface area contributed by atoms with Gasteiger partial charge in [0.05, 0.1) is 37.2 Å². The van der Waals surface area contributed by atoms with E-state index in [0.29, 0.717) is 43.7 Å². The van der Waals surface area contributed by atoms with Crippen molar-refractivity contribution in [2.24, 2.45) is 17.8 Å². The van der Waals surface area contributed by atoms with Crippen LogP contribution >= 0.6 is 0 Å². The number of amides is 3. The van der Waals surface area contributed by atoms with Crippen molar-refractivity contribution in [3.05, 3.63) is 49.6 Å². The van der Waals surface area contributed by atoms with Gasteiger partial charge in [0, 0.05) is 25.8 Å². The fourth-order valence-electron chi connectivity index (χ4n) is 7.41. The normalized spacial score (nSPS) is 28.9. The van der Waals surface area contributed by atoms with E-state index < -0.39 is 35.1 Å². The number of hydrogen-bond acceptors (Lipinski definition) is 6. The molecule has 1 aromatic rings. The van der Waals surface area contributed by atoms with Crippen molar-refractivity contribution in [2.75, 3.05) is 38.8 Å². The molecule has 0 saturated carbocycles. The summed E-state index contributed by atoms with van der Waals surface area (Å²) in [5.74, 6) is -1.53. The molecule has 3 amide bonds. The Kier molecular flexibility index (Phi) is 8.99. The second kappa shape index (κ2) is 12.0. The van der Waals surface area contributed by atoms with Gasteiger partial charge in [0.2, 0.25) is 11.8 Å². The molecule has 1 N–H and O–H groups in total. The molecule has 3 saturated heterocycles. The first-order valence-corrected chi connectivity index (χ1v) is 14.6. The maximum Gasteiger partial charge on any atom is 0.253 e. The van der Waals surface area contributed by atoms with Gasteiger partial charge in [-0.15, -0.1) is 13.2 Å². The van der Waals surface area contributed by atoms with Gasteiger partial charge in [-0.1, -0.05) is 32.9 Å². The summed E-state index contributed by atoms with van der Waals surface area (Å²) >= 11 is 0. The second-order valence-corrected chi connectivity index (χ2v) is 12.0. The number of aliphatic hydroxyl groups excluding tert-OH is 1. The standard InChI is InChI=1S/C32H45N3O6/c1-8-17-33(6)28(37)25-26-29(38)35(23(20-36)19-21(4)5)27(32(26)16-15-31(25,10-3)41-32)30(39)34(18-9-2)22-11-13-24(40-7)14-12-22/h8-9,11-14,21,23,25-27,36H,1-2,10,15-20H2,3-7H3/t23-,25-,26+,27?,31+,32?/m1/s1. The monoisotopic (exact) mass is 567 g/mol. The molecule has 9 nitrogen and oxygen atoms in total. The Morgan fingerprint density at radius 3 is 2.37 bits per heavy atom. The second-order valence-electron chi connectivity index (χ2n) is 12.0. The first-order chi connectivity index (χ1) is 19.5. The van der Waals surface area contributed by atoms with Gasteiger partial charge in [-0.25, -0.2) is 0 Å². The lowest BCUT2D eigenvalue weighted by atomic mass is 9.64. The summed E-state index contributed by atoms with van der Waals surface area (Å²) in [6.45, 7) is 13.9. The van der Waals surface area contributed by atoms with Crippen LogP contribution in [0.5, 0.6) is 5.75 Å². The minimum atomic E-state index is -1.18. The molecule has 6 atom stereocenters. The SMILES string of the molecule is C=CCN(C)C(=O)[C@H]1[C@H]2C(=O)N([C@@H](CO)CC(C)C)C(C(=O)N(CC=C)c3ccc(OC)cc3)C23CC[C@]1(CC)O3. The molecule has 2 bridgehead atoms. The van der Waals surface area contributed by atoms with Crippen molar-refractivity contribution in [1.82, 2.24) is 9.80 Å². The van der Waals surface area contributed by atoms with Crippen molar-refractivity contribution < 1.29 is 29.0 Å². The Labute approximate surface area is 243 Å². The van der Waals surface area contributed by atoms with E-state index in [9.17, 15) is 19.5 Å². The number of carbonyl (C=O) groups excluding carboxylic acids is 3. The Bertz CT molecular complexity index is 1170. The van der Waals surface area contributed by atoms with E-state index in [-0.39, 0.29) is 36.8 Å². The highest BCUT2D eigenvalue weighted by molar-refractivity contribution is 6.05. The number of likely N-dealkylation sites (tertiary alicyclic amines) is 1. The van der Waals surface area contributed by atoms with Gasteiger partial charge >= 0.3 is 0 Å². The highest BCUT2D eigenvalue weighted by atomic mass is 16.5. The third-order valence-corrected chi connectivity index (χ3v) is 9.21. The first kappa shape index (κ1) is 30.8. The summed E-state index contributed by atoms with van der Waals surface area (Å²) in [6, 6.07) is 5.55. The van der Waals surface area contributed by atoms with Gasteiger partial charge in [0.15, 0.2) is 0 Å². The molecule has 0 radical (unpaired) electrons. The number of rotatable bonds is 13. The Morgan fingerprint density at radius 1 is 1.17 bits per heavy atom. The molecule has 0 aliphatic carbocycles. The third kappa shape index (κ3) is 4.97. The lowest BCUT2D eigenvalue weighted by molar-refractivity contribution is -0.153. The lowest BCUT2D eigenvalue weighted by Crippen LogP contribution is -2.59. The predicted octanol–water partition coefficient (Wildman–Crippen LogP) is 3.42. The number of hydrogen-bond donors (Lipinski definition) is 1. The van der Waals surface area contributed by atoms with Crippen molar-refractivity contribution in [1.29, 1.82) is 0 Å². The minimum absolute atomic E-state index is 0.162. The van der Waals surface area contributed by atoms with Crippen LogP contribution in [-0.2, 0) is 19.1 Å². The van der Waals surface area contributed by atoms with Crippen LogP contribution in [0.1, 0.15) is 46.5 Å². The number of fused-ring (bicyclic) bond motifs is 1. The van der Waals surface area contributed by atoms with E-state index in [1.165, 1.54) is 0 Å². The Balaban J connectivity index is 1.87. The number of aliphatic hydroxyl groups is 1. The average Bonchev–Trinajstić information content (AvgIpc) is 3.57. The highest BCUT2D eigenvalue weighted by Gasteiger charge is 2.79. The van der Waals surface area contributed by atoms with Crippen molar-refractivity contribution in [2.45, 2.75) is 69.7 Å². The quantitative estimate of drug-likeness (QED) is 0.367. The molecular weight excluding hydrogens is 522 g/mol. The zero-order valence-corrected chi connectivity index (χ0v) is 25.0. The van der Waals surface area contributed by atoms with Crippen molar-refractivity contribution in [3.8, 4) is 5.75 Å². The van der Waals surface area contributed by atoms with Gasteiger partial charge in [0.25, 0.3) is 5.91 Å². The van der Waals surface area contributed by atoms with Crippen LogP contribution in [0.3, 0.4) is 0 Å². The number of anilines is 1. The van der Waals surface area contributed by atoms with E-state index >= 15 is 0 Å². The van der Waals surface area contributed by atoms with Crippen LogP contribution in [0, 0.1) is 17.8 Å². The fraction of sp³-hybridized carbons (Fsp3) is 0.594. The lowest BCUT2D eigenvalue weighted by Gasteiger charge is -2.40. The van der Waals surface area contributed by atoms with Crippen LogP contribution in [-0.4, -0.2) is 89.8 Å². The molecular formula is C32H45N3O6. The van der Waals surface area contributed by atoms with Gasteiger partial charge in [-0.05, 0) is 55.9 Å². The summed E-state index contributed by atoms with van der Waals surface area (Å²) in [5.41, 5.74) is -1.40. The summed E-state index contributed by atoms with van der Waals surface area (Å²) in [4.78, 5) is 48.0. The molecule has 41 heavy (non-hydrogen) atoms. The van der Waals surface area contributed by atoms with E-state index in [2.05, 4.69) is 13.2 Å². The minimum Gasteiger partial charge on any atom is -0.497 e. The maximum atomic E-state index is 14.8. The summed E-state index contributed by atoms with van der Waals surface area (Å²) in [6.07, 6.45) is 5.40. The van der Waals surface area contributed by atoms with E-state index in [4.69, 9.17) is 9.47 Å². The van der Waals surface area contributed by atoms with E-state index in [1.54, 1.807) is 65.3 Å². The van der Waals surface area contributed by atoms with Gasteiger partial charge in [-0.2, -0.15) is 0 Å². The molecule has 9 heteroatoms. The van der Waals surface area contributed by atoms with E-state index in [1.807, 2.05) is 20.8 Å². The molecule has 3 heterocycles. The van der Waals surface area contributed by atoms with Crippen LogP contribution < -0.4 is 9.64 Å². The highest BCUT2D eigenvalue weighted by Crippen LogP contribution is 2.65. The molecule has 3 fully saturated rings. The number of likely N-dealkylation sites (N-methyl/N-ethyl adjacent to an activating group) is 1. The molecule has 2 unspecified atom stereocenters. The van der Waals surface area contributed by atoms with Gasteiger partial charge in [0.1, 0.15) is 17.4 Å². The smallest absolute Gasteiger partial charge is 0.253 e. The van der Waals surface area contributed by atoms with Crippen molar-refractivity contribution in [3.63, 3.8) is 0 Å². The fourth-order valence-corrected chi connectivity index (χ4v) is 7.41. The molecule has 0 aromatic heterocycles. The van der Waals surface area contributed by atoms with E-state index in [0.717, 1.165) is 0 Å². The number of nitrogens with zero attached hydrogens (tertiary/aromatic N) is 3. The van der Waals surface area contributed by atoms with Crippen LogP contribution in [0.2, 0.25) is 0 Å². The summed E-state index contributed by atoms with van der Waals surface area (Å²) < 4.78 is 12.2. The summed E-state index contributed by atoms with van der Waals surface area (Å²) in [5, 5.41) is 10.6. The largest absolute Gasteiger partial charge is 0.497 e. The zero-order valence-electron chi connectivity index (χ0n) is 25.0. The molecule has 3 aliphatic rings. The molecule has 1 spiro atoms. The van der Waals surface area contributed by atoms with Crippen molar-refractivity contribution >= 4 is 23.4 Å². The molecule has 1 aromatic carbocycles. The topological polar surface area (TPSA) is 99.6 Å². The number of ether oxygens (including phenoxy) is 2. The Hall–Kier alpha value is -3.17. The van der Waals surface area contributed by atoms with Gasteiger partial charge < -0.3 is 29.3 Å². The van der Waals surface area contributed by atoms with Crippen LogP contribution in [0.15, 0.2) is 49.6 Å². The summed E-state index contributed by atoms with van der Waals surface area (Å²) in [7, 11) is 3.28. The molecule has 4 rings (SSSR count).